The molecular weight excluding hydrogens is 178 g/mol. The van der Waals surface area contributed by atoms with Gasteiger partial charge >= 0.3 is 0 Å². The van der Waals surface area contributed by atoms with Crippen LogP contribution in [0.4, 0.5) is 0 Å². The van der Waals surface area contributed by atoms with Crippen molar-refractivity contribution in [3.05, 3.63) is 12.7 Å². The molecule has 3 heteroatoms. The molecule has 0 radical (unpaired) electrons. The van der Waals surface area contributed by atoms with E-state index in [4.69, 9.17) is 11.6 Å². The molecule has 0 N–H and O–H groups in total. The molecule has 0 aromatic carbocycles. The molecule has 0 aliphatic rings. The minimum Gasteiger partial charge on any atom is -0.212 e. The van der Waals surface area contributed by atoms with Crippen LogP contribution in [0.2, 0.25) is 0 Å². The Morgan fingerprint density at radius 2 is 2.27 bits per heavy atom. The minimum atomic E-state index is 0.502. The van der Waals surface area contributed by atoms with Gasteiger partial charge in [-0.15, -0.1) is 6.58 Å². The highest BCUT2D eigenvalue weighted by Crippen LogP contribution is 2.23. The SMILES string of the molecule is C=CCC(SN=CCl)C(C)C. The molecule has 0 saturated carbocycles. The van der Waals surface area contributed by atoms with Crippen LogP contribution in [0.3, 0.4) is 0 Å². The van der Waals surface area contributed by atoms with Crippen molar-refractivity contribution in [2.75, 3.05) is 0 Å². The predicted molar refractivity (Wildman–Crippen MR) is 55.4 cm³/mol. The molecule has 11 heavy (non-hydrogen) atoms. The van der Waals surface area contributed by atoms with E-state index < -0.39 is 0 Å². The van der Waals surface area contributed by atoms with Crippen LogP contribution >= 0.6 is 23.5 Å². The van der Waals surface area contributed by atoms with E-state index in [1.165, 1.54) is 17.6 Å². The second kappa shape index (κ2) is 6.74. The number of allylic oxidation sites excluding steroid dienone is 1. The summed E-state index contributed by atoms with van der Waals surface area (Å²) in [6.45, 7) is 8.04. The Balaban J connectivity index is 3.78. The molecule has 0 bridgehead atoms. The topological polar surface area (TPSA) is 12.4 Å². The van der Waals surface area contributed by atoms with Gasteiger partial charge in [0.2, 0.25) is 0 Å². The second-order valence-electron chi connectivity index (χ2n) is 2.62. The molecule has 0 aromatic rings. The lowest BCUT2D eigenvalue weighted by molar-refractivity contribution is 0.612. The summed E-state index contributed by atoms with van der Waals surface area (Å²) in [7, 11) is 0. The van der Waals surface area contributed by atoms with E-state index in [1.54, 1.807) is 0 Å². The summed E-state index contributed by atoms with van der Waals surface area (Å²) in [5.74, 6) is 0.610. The zero-order chi connectivity index (χ0) is 8.69. The van der Waals surface area contributed by atoms with Crippen LogP contribution in [0, 0.1) is 5.92 Å². The van der Waals surface area contributed by atoms with E-state index >= 15 is 0 Å². The summed E-state index contributed by atoms with van der Waals surface area (Å²) in [5, 5.41) is 0.502. The van der Waals surface area contributed by atoms with Crippen LogP contribution in [-0.4, -0.2) is 10.9 Å². The first-order chi connectivity index (χ1) is 5.22. The van der Waals surface area contributed by atoms with Crippen LogP contribution < -0.4 is 0 Å². The minimum absolute atomic E-state index is 0.502. The van der Waals surface area contributed by atoms with Crippen molar-refractivity contribution < 1.29 is 0 Å². The van der Waals surface area contributed by atoms with Crippen molar-refractivity contribution in [3.63, 3.8) is 0 Å². The molecule has 0 saturated heterocycles. The quantitative estimate of drug-likeness (QED) is 0.368. The molecule has 0 amide bonds. The first-order valence-corrected chi connectivity index (χ1v) is 4.88. The van der Waals surface area contributed by atoms with Gasteiger partial charge < -0.3 is 0 Å². The fraction of sp³-hybridized carbons (Fsp3) is 0.625. The molecule has 64 valence electrons. The fourth-order valence-electron chi connectivity index (χ4n) is 0.702. The number of hydrogen-bond donors (Lipinski definition) is 0. The maximum Gasteiger partial charge on any atom is 0.101 e. The Labute approximate surface area is 78.1 Å². The van der Waals surface area contributed by atoms with Crippen molar-refractivity contribution in [2.45, 2.75) is 25.5 Å². The highest BCUT2D eigenvalue weighted by molar-refractivity contribution is 7.98. The standard InChI is InChI=1S/C8H14ClNS/c1-4-5-8(7(2)3)11-10-6-9/h4,6-8H,1,5H2,2-3H3. The molecule has 0 rings (SSSR count). The van der Waals surface area contributed by atoms with Gasteiger partial charge in [-0.3, -0.25) is 0 Å². The molecule has 1 nitrogen and oxygen atoms in total. The van der Waals surface area contributed by atoms with Crippen LogP contribution in [0.5, 0.6) is 0 Å². The largest absolute Gasteiger partial charge is 0.212 e. The van der Waals surface area contributed by atoms with E-state index in [0.29, 0.717) is 11.2 Å². The summed E-state index contributed by atoms with van der Waals surface area (Å²) in [6, 6.07) is 0. The molecule has 0 spiro atoms. The molecule has 0 fully saturated rings. The van der Waals surface area contributed by atoms with Gasteiger partial charge in [-0.25, -0.2) is 4.40 Å². The molecule has 0 aliphatic heterocycles. The van der Waals surface area contributed by atoms with Gasteiger partial charge in [0, 0.05) is 5.25 Å². The Morgan fingerprint density at radius 3 is 2.64 bits per heavy atom. The second-order valence-corrected chi connectivity index (χ2v) is 3.84. The average Bonchev–Trinajstić information content (AvgIpc) is 1.97. The summed E-state index contributed by atoms with van der Waals surface area (Å²) >= 11 is 6.83. The normalized spacial score (nSPS) is 14.2. The van der Waals surface area contributed by atoms with Crippen LogP contribution in [-0.2, 0) is 0 Å². The molecular formula is C8H14ClNS. The molecule has 0 heterocycles. The third kappa shape index (κ3) is 5.33. The van der Waals surface area contributed by atoms with E-state index in [-0.39, 0.29) is 0 Å². The van der Waals surface area contributed by atoms with Gasteiger partial charge in [-0.2, -0.15) is 0 Å². The summed E-state index contributed by atoms with van der Waals surface area (Å²) in [5.41, 5.74) is 1.31. The van der Waals surface area contributed by atoms with E-state index in [9.17, 15) is 0 Å². The van der Waals surface area contributed by atoms with E-state index in [0.717, 1.165) is 6.42 Å². The zero-order valence-electron chi connectivity index (χ0n) is 6.96. The highest BCUT2D eigenvalue weighted by atomic mass is 35.5. The average molecular weight is 192 g/mol. The van der Waals surface area contributed by atoms with Crippen molar-refractivity contribution in [2.24, 2.45) is 10.3 Å². The van der Waals surface area contributed by atoms with Gasteiger partial charge in [-0.1, -0.05) is 31.5 Å². The third-order valence-electron chi connectivity index (χ3n) is 1.38. The van der Waals surface area contributed by atoms with E-state index in [2.05, 4.69) is 24.8 Å². The van der Waals surface area contributed by atoms with Crippen LogP contribution in [0.25, 0.3) is 0 Å². The number of halogens is 1. The van der Waals surface area contributed by atoms with Crippen LogP contribution in [0.15, 0.2) is 17.1 Å². The van der Waals surface area contributed by atoms with Crippen molar-refractivity contribution in [3.8, 4) is 0 Å². The van der Waals surface area contributed by atoms with Gasteiger partial charge in [0.15, 0.2) is 0 Å². The fourth-order valence-corrected chi connectivity index (χ4v) is 1.51. The highest BCUT2D eigenvalue weighted by Gasteiger charge is 2.10. The molecule has 1 atom stereocenters. The molecule has 1 unspecified atom stereocenters. The Bertz CT molecular complexity index is 134. The first kappa shape index (κ1) is 11.1. The van der Waals surface area contributed by atoms with Gasteiger partial charge in [0.1, 0.15) is 5.67 Å². The van der Waals surface area contributed by atoms with Gasteiger partial charge in [-0.05, 0) is 24.3 Å². The predicted octanol–water partition coefficient (Wildman–Crippen LogP) is 3.50. The number of nitrogens with zero attached hydrogens (tertiary/aromatic N) is 1. The Hall–Kier alpha value is 0.0500. The summed E-state index contributed by atoms with van der Waals surface area (Å²) in [4.78, 5) is 0. The van der Waals surface area contributed by atoms with E-state index in [1.807, 2.05) is 6.08 Å². The summed E-state index contributed by atoms with van der Waals surface area (Å²) in [6.07, 6.45) is 2.90. The number of hydrogen-bond acceptors (Lipinski definition) is 2. The maximum atomic E-state index is 5.31. The van der Waals surface area contributed by atoms with Crippen molar-refractivity contribution >= 4 is 29.2 Å². The smallest absolute Gasteiger partial charge is 0.101 e. The zero-order valence-corrected chi connectivity index (χ0v) is 8.53. The third-order valence-corrected chi connectivity index (χ3v) is 2.83. The van der Waals surface area contributed by atoms with Gasteiger partial charge in [0.05, 0.1) is 0 Å². The van der Waals surface area contributed by atoms with Crippen molar-refractivity contribution in [1.29, 1.82) is 0 Å². The lowest BCUT2D eigenvalue weighted by Crippen LogP contribution is -2.08. The Morgan fingerprint density at radius 1 is 1.64 bits per heavy atom. The van der Waals surface area contributed by atoms with Crippen LogP contribution in [0.1, 0.15) is 20.3 Å². The maximum absolute atomic E-state index is 5.31. The molecule has 0 aromatic heterocycles. The lowest BCUT2D eigenvalue weighted by atomic mass is 10.1. The Kier molecular flexibility index (Phi) is 6.77. The lowest BCUT2D eigenvalue weighted by Gasteiger charge is -2.14. The first-order valence-electron chi connectivity index (χ1n) is 3.61. The molecule has 0 aliphatic carbocycles. The van der Waals surface area contributed by atoms with Crippen molar-refractivity contribution in [1.82, 2.24) is 0 Å². The van der Waals surface area contributed by atoms with Gasteiger partial charge in [0.25, 0.3) is 0 Å². The monoisotopic (exact) mass is 191 g/mol. The summed E-state index contributed by atoms with van der Waals surface area (Å²) < 4.78 is 3.92. The number of rotatable bonds is 5.